The van der Waals surface area contributed by atoms with Crippen molar-refractivity contribution in [1.29, 1.82) is 0 Å². The molecule has 1 aromatic carbocycles. The zero-order valence-corrected chi connectivity index (χ0v) is 19.8. The number of nitrogens with zero attached hydrogens (tertiary/aromatic N) is 2. The molecule has 2 aromatic rings. The first-order valence-electron chi connectivity index (χ1n) is 11.8. The Bertz CT molecular complexity index is 955. The van der Waals surface area contributed by atoms with Crippen LogP contribution in [0.25, 0.3) is 0 Å². The van der Waals surface area contributed by atoms with Gasteiger partial charge in [-0.2, -0.15) is 0 Å². The van der Waals surface area contributed by atoms with Gasteiger partial charge in [0.15, 0.2) is 9.84 Å². The standard InChI is InChI=1S/C25H35N3O3S/c1-31-24-13-6-5-11-21(24)23(28-17-15-26-16-18-28)19-25(22-12-7-8-14-27-22)32(29,30)20-9-3-2-4-10-20/h5-8,11-14,20,23,25-26H,2-4,9-10,15-19H2,1H3. The number of ether oxygens (including phenoxy) is 1. The van der Waals surface area contributed by atoms with E-state index in [-0.39, 0.29) is 11.3 Å². The van der Waals surface area contributed by atoms with E-state index in [1.165, 1.54) is 0 Å². The number of aromatic nitrogens is 1. The summed E-state index contributed by atoms with van der Waals surface area (Å²) in [6.07, 6.45) is 6.83. The molecule has 1 saturated heterocycles. The van der Waals surface area contributed by atoms with E-state index in [2.05, 4.69) is 21.3 Å². The number of methoxy groups -OCH3 is 1. The van der Waals surface area contributed by atoms with Crippen LogP contribution in [0.5, 0.6) is 5.75 Å². The minimum absolute atomic E-state index is 0.0568. The van der Waals surface area contributed by atoms with Gasteiger partial charge in [0.25, 0.3) is 0 Å². The molecule has 2 atom stereocenters. The van der Waals surface area contributed by atoms with Crippen LogP contribution in [-0.2, 0) is 9.84 Å². The first kappa shape index (κ1) is 23.2. The van der Waals surface area contributed by atoms with E-state index in [1.807, 2.05) is 36.4 Å². The molecule has 32 heavy (non-hydrogen) atoms. The Morgan fingerprint density at radius 1 is 1.06 bits per heavy atom. The number of nitrogens with one attached hydrogen (secondary N) is 1. The van der Waals surface area contributed by atoms with E-state index in [9.17, 15) is 8.42 Å². The first-order valence-corrected chi connectivity index (χ1v) is 13.4. The molecule has 0 radical (unpaired) electrons. The molecule has 0 bridgehead atoms. The second-order valence-corrected chi connectivity index (χ2v) is 11.3. The average molecular weight is 458 g/mol. The molecule has 1 aliphatic carbocycles. The highest BCUT2D eigenvalue weighted by atomic mass is 32.2. The van der Waals surface area contributed by atoms with Crippen LogP contribution in [0.3, 0.4) is 0 Å². The average Bonchev–Trinajstić information content (AvgIpc) is 2.86. The lowest BCUT2D eigenvalue weighted by atomic mass is 9.97. The molecule has 7 heteroatoms. The predicted molar refractivity (Wildman–Crippen MR) is 128 cm³/mol. The lowest BCUT2D eigenvalue weighted by molar-refractivity contribution is 0.161. The quantitative estimate of drug-likeness (QED) is 0.648. The van der Waals surface area contributed by atoms with Gasteiger partial charge in [-0.25, -0.2) is 8.42 Å². The summed E-state index contributed by atoms with van der Waals surface area (Å²) < 4.78 is 33.7. The van der Waals surface area contributed by atoms with Gasteiger partial charge in [-0.3, -0.25) is 9.88 Å². The van der Waals surface area contributed by atoms with Gasteiger partial charge in [0.05, 0.1) is 18.1 Å². The summed E-state index contributed by atoms with van der Waals surface area (Å²) >= 11 is 0. The maximum Gasteiger partial charge on any atom is 0.161 e. The fourth-order valence-electron chi connectivity index (χ4n) is 5.23. The Hall–Kier alpha value is -1.96. The maximum absolute atomic E-state index is 14.0. The fourth-order valence-corrected chi connectivity index (χ4v) is 7.61. The summed E-state index contributed by atoms with van der Waals surface area (Å²) in [5.41, 5.74) is 1.71. The Kier molecular flexibility index (Phi) is 7.81. The van der Waals surface area contributed by atoms with Gasteiger partial charge in [0.1, 0.15) is 11.0 Å². The Morgan fingerprint density at radius 3 is 2.47 bits per heavy atom. The number of para-hydroxylation sites is 1. The van der Waals surface area contributed by atoms with Gasteiger partial charge >= 0.3 is 0 Å². The number of benzene rings is 1. The fraction of sp³-hybridized carbons (Fsp3) is 0.560. The van der Waals surface area contributed by atoms with Crippen molar-refractivity contribution in [2.24, 2.45) is 0 Å². The van der Waals surface area contributed by atoms with Crippen LogP contribution in [0.2, 0.25) is 0 Å². The number of hydrogen-bond acceptors (Lipinski definition) is 6. The molecule has 2 heterocycles. The molecule has 1 N–H and O–H groups in total. The molecular formula is C25H35N3O3S. The third-order valence-electron chi connectivity index (χ3n) is 6.96. The monoisotopic (exact) mass is 457 g/mol. The highest BCUT2D eigenvalue weighted by Gasteiger charge is 2.40. The molecule has 174 valence electrons. The molecule has 1 saturated carbocycles. The molecule has 0 spiro atoms. The van der Waals surface area contributed by atoms with E-state index >= 15 is 0 Å². The second-order valence-electron chi connectivity index (χ2n) is 8.87. The number of pyridine rings is 1. The smallest absolute Gasteiger partial charge is 0.161 e. The molecule has 2 aliphatic rings. The predicted octanol–water partition coefficient (Wildman–Crippen LogP) is 3.92. The number of hydrogen-bond donors (Lipinski definition) is 1. The van der Waals surface area contributed by atoms with Crippen LogP contribution in [0.1, 0.15) is 61.1 Å². The first-order chi connectivity index (χ1) is 15.6. The van der Waals surface area contributed by atoms with Gasteiger partial charge in [-0.1, -0.05) is 43.5 Å². The highest BCUT2D eigenvalue weighted by Crippen LogP contribution is 2.42. The largest absolute Gasteiger partial charge is 0.496 e. The number of rotatable bonds is 8. The zero-order chi connectivity index (χ0) is 22.4. The molecule has 1 aliphatic heterocycles. The van der Waals surface area contributed by atoms with Gasteiger partial charge < -0.3 is 10.1 Å². The molecule has 1 aromatic heterocycles. The van der Waals surface area contributed by atoms with Crippen LogP contribution in [-0.4, -0.2) is 56.8 Å². The summed E-state index contributed by atoms with van der Waals surface area (Å²) in [5.74, 6) is 0.811. The van der Waals surface area contributed by atoms with Crippen molar-refractivity contribution in [3.05, 3.63) is 59.9 Å². The Labute approximate surface area is 192 Å². The molecule has 0 amide bonds. The van der Waals surface area contributed by atoms with E-state index < -0.39 is 15.1 Å². The third-order valence-corrected chi connectivity index (χ3v) is 9.59. The topological polar surface area (TPSA) is 71.5 Å². The van der Waals surface area contributed by atoms with E-state index in [0.717, 1.165) is 69.6 Å². The number of sulfone groups is 1. The van der Waals surface area contributed by atoms with Crippen molar-refractivity contribution in [3.63, 3.8) is 0 Å². The molecule has 2 fully saturated rings. The third kappa shape index (κ3) is 5.16. The van der Waals surface area contributed by atoms with Crippen molar-refractivity contribution in [2.75, 3.05) is 33.3 Å². The van der Waals surface area contributed by atoms with Gasteiger partial charge in [-0.15, -0.1) is 0 Å². The lowest BCUT2D eigenvalue weighted by Gasteiger charge is -2.38. The van der Waals surface area contributed by atoms with Crippen molar-refractivity contribution in [3.8, 4) is 5.75 Å². The normalized spacial score (nSPS) is 20.5. The molecule has 6 nitrogen and oxygen atoms in total. The van der Waals surface area contributed by atoms with Crippen LogP contribution in [0.4, 0.5) is 0 Å². The Balaban J connectivity index is 1.74. The number of piperazine rings is 1. The minimum Gasteiger partial charge on any atom is -0.496 e. The van der Waals surface area contributed by atoms with Crippen LogP contribution in [0.15, 0.2) is 48.7 Å². The summed E-state index contributed by atoms with van der Waals surface area (Å²) in [6, 6.07) is 13.6. The highest BCUT2D eigenvalue weighted by molar-refractivity contribution is 7.92. The summed E-state index contributed by atoms with van der Waals surface area (Å²) in [7, 11) is -1.70. The van der Waals surface area contributed by atoms with E-state index in [4.69, 9.17) is 4.74 Å². The molecular weight excluding hydrogens is 422 g/mol. The summed E-state index contributed by atoms with van der Waals surface area (Å²) in [5, 5.41) is 2.51. The molecule has 2 unspecified atom stereocenters. The van der Waals surface area contributed by atoms with Crippen molar-refractivity contribution < 1.29 is 13.2 Å². The molecule has 4 rings (SSSR count). The van der Waals surface area contributed by atoms with E-state index in [0.29, 0.717) is 12.1 Å². The van der Waals surface area contributed by atoms with Crippen LogP contribution >= 0.6 is 0 Å². The zero-order valence-electron chi connectivity index (χ0n) is 18.9. The van der Waals surface area contributed by atoms with Crippen LogP contribution in [0, 0.1) is 0 Å². The van der Waals surface area contributed by atoms with Gasteiger partial charge in [0.2, 0.25) is 0 Å². The van der Waals surface area contributed by atoms with Crippen LogP contribution < -0.4 is 10.1 Å². The SMILES string of the molecule is COc1ccccc1C(CC(c1ccccn1)S(=O)(=O)C1CCCCC1)N1CCNCC1. The van der Waals surface area contributed by atoms with E-state index in [1.54, 1.807) is 13.3 Å². The lowest BCUT2D eigenvalue weighted by Crippen LogP contribution is -2.46. The summed E-state index contributed by atoms with van der Waals surface area (Å²) in [4.78, 5) is 6.94. The Morgan fingerprint density at radius 2 is 1.78 bits per heavy atom. The van der Waals surface area contributed by atoms with Gasteiger partial charge in [-0.05, 0) is 37.5 Å². The van der Waals surface area contributed by atoms with Gasteiger partial charge in [0, 0.05) is 44.0 Å². The maximum atomic E-state index is 14.0. The minimum atomic E-state index is -3.38. The van der Waals surface area contributed by atoms with Crippen molar-refractivity contribution in [2.45, 2.75) is 55.1 Å². The van der Waals surface area contributed by atoms with Crippen molar-refractivity contribution in [1.82, 2.24) is 15.2 Å². The van der Waals surface area contributed by atoms with Crippen molar-refractivity contribution >= 4 is 9.84 Å². The second kappa shape index (κ2) is 10.8. The summed E-state index contributed by atoms with van der Waals surface area (Å²) in [6.45, 7) is 3.55.